The molecule has 0 spiro atoms. The molecule has 0 saturated carbocycles. The average molecular weight is 329 g/mol. The Bertz CT molecular complexity index is 956. The molecule has 1 heterocycles. The summed E-state index contributed by atoms with van der Waals surface area (Å²) in [4.78, 5) is 15.0. The molecule has 122 valence electrons. The van der Waals surface area contributed by atoms with Gasteiger partial charge in [0.25, 0.3) is 5.69 Å². The number of aryl methyl sites for hydroxylation is 1. The number of hydrogen-bond donors (Lipinski definition) is 0. The van der Waals surface area contributed by atoms with Crippen molar-refractivity contribution >= 4 is 5.69 Å². The lowest BCUT2D eigenvalue weighted by atomic mass is 9.93. The van der Waals surface area contributed by atoms with Crippen LogP contribution in [0.2, 0.25) is 0 Å². The molecule has 0 atom stereocenters. The van der Waals surface area contributed by atoms with Gasteiger partial charge in [0.05, 0.1) is 22.2 Å². The van der Waals surface area contributed by atoms with Gasteiger partial charge in [-0.3, -0.25) is 15.1 Å². The smallest absolute Gasteiger partial charge is 0.258 e. The number of nitro groups is 1. The topological polar surface area (TPSA) is 79.8 Å². The number of nitriles is 1. The highest BCUT2D eigenvalue weighted by Crippen LogP contribution is 2.34. The van der Waals surface area contributed by atoms with Crippen molar-refractivity contribution in [2.45, 2.75) is 13.3 Å². The van der Waals surface area contributed by atoms with E-state index in [9.17, 15) is 10.1 Å². The van der Waals surface area contributed by atoms with Gasteiger partial charge in [-0.15, -0.1) is 0 Å². The van der Waals surface area contributed by atoms with Gasteiger partial charge in [0.1, 0.15) is 0 Å². The molecule has 1 aromatic heterocycles. The van der Waals surface area contributed by atoms with Gasteiger partial charge in [-0.2, -0.15) is 5.26 Å². The highest BCUT2D eigenvalue weighted by Gasteiger charge is 2.14. The SMILES string of the molecule is CCc1ccnc(-c2ccc(C#N)cc2)c1-c1ccc([N+](=O)[O-])cc1. The van der Waals surface area contributed by atoms with Crippen molar-refractivity contribution in [1.29, 1.82) is 5.26 Å². The van der Waals surface area contributed by atoms with Gasteiger partial charge in [0.2, 0.25) is 0 Å². The molecule has 5 heteroatoms. The van der Waals surface area contributed by atoms with Crippen LogP contribution in [0.25, 0.3) is 22.4 Å². The summed E-state index contributed by atoms with van der Waals surface area (Å²) in [5.74, 6) is 0. The third kappa shape index (κ3) is 3.24. The number of nitro benzene ring substituents is 1. The van der Waals surface area contributed by atoms with Crippen LogP contribution >= 0.6 is 0 Å². The van der Waals surface area contributed by atoms with Crippen molar-refractivity contribution in [3.05, 3.63) is 82.0 Å². The minimum atomic E-state index is -0.407. The Morgan fingerprint density at radius 3 is 2.24 bits per heavy atom. The second-order valence-electron chi connectivity index (χ2n) is 5.54. The predicted octanol–water partition coefficient (Wildman–Crippen LogP) is 4.76. The fourth-order valence-corrected chi connectivity index (χ4v) is 2.79. The Kier molecular flexibility index (Phi) is 4.53. The van der Waals surface area contributed by atoms with Crippen LogP contribution in [0, 0.1) is 21.4 Å². The first kappa shape index (κ1) is 16.3. The van der Waals surface area contributed by atoms with E-state index in [0.29, 0.717) is 5.56 Å². The standard InChI is InChI=1S/C20H15N3O2/c1-2-15-11-12-22-20(17-5-3-14(13-21)4-6-17)19(15)16-7-9-18(10-8-16)23(24)25/h3-12H,2H2,1H3. The number of aromatic nitrogens is 1. The van der Waals surface area contributed by atoms with Gasteiger partial charge < -0.3 is 0 Å². The summed E-state index contributed by atoms with van der Waals surface area (Å²) in [5, 5.41) is 19.9. The molecule has 3 rings (SSSR count). The molecule has 25 heavy (non-hydrogen) atoms. The molecule has 0 aliphatic rings. The maximum Gasteiger partial charge on any atom is 0.269 e. The summed E-state index contributed by atoms with van der Waals surface area (Å²) < 4.78 is 0. The van der Waals surface area contributed by atoms with Gasteiger partial charge in [0, 0.05) is 29.5 Å². The van der Waals surface area contributed by atoms with Crippen molar-refractivity contribution < 1.29 is 4.92 Å². The van der Waals surface area contributed by atoms with Crippen molar-refractivity contribution in [2.24, 2.45) is 0 Å². The zero-order chi connectivity index (χ0) is 17.8. The quantitative estimate of drug-likeness (QED) is 0.510. The first-order valence-corrected chi connectivity index (χ1v) is 7.87. The van der Waals surface area contributed by atoms with Crippen LogP contribution in [0.1, 0.15) is 18.1 Å². The van der Waals surface area contributed by atoms with Gasteiger partial charge in [-0.1, -0.05) is 19.1 Å². The molecule has 3 aromatic rings. The molecule has 0 saturated heterocycles. The third-order valence-corrected chi connectivity index (χ3v) is 4.07. The molecule has 0 unspecified atom stereocenters. The van der Waals surface area contributed by atoms with Crippen LogP contribution in [0.5, 0.6) is 0 Å². The molecule has 0 radical (unpaired) electrons. The summed E-state index contributed by atoms with van der Waals surface area (Å²) in [6.45, 7) is 2.06. The van der Waals surface area contributed by atoms with E-state index in [-0.39, 0.29) is 5.69 Å². The lowest BCUT2D eigenvalue weighted by molar-refractivity contribution is -0.384. The second-order valence-corrected chi connectivity index (χ2v) is 5.54. The highest BCUT2D eigenvalue weighted by molar-refractivity contribution is 5.83. The summed E-state index contributed by atoms with van der Waals surface area (Å²) >= 11 is 0. The number of rotatable bonds is 4. The first-order chi connectivity index (χ1) is 12.1. The normalized spacial score (nSPS) is 10.2. The third-order valence-electron chi connectivity index (χ3n) is 4.07. The molecular weight excluding hydrogens is 314 g/mol. The van der Waals surface area contributed by atoms with Gasteiger partial charge in [0.15, 0.2) is 0 Å². The van der Waals surface area contributed by atoms with Gasteiger partial charge >= 0.3 is 0 Å². The molecule has 0 bridgehead atoms. The Morgan fingerprint density at radius 1 is 1.04 bits per heavy atom. The van der Waals surface area contributed by atoms with Crippen LogP contribution in [0.4, 0.5) is 5.69 Å². The molecule has 5 nitrogen and oxygen atoms in total. The summed E-state index contributed by atoms with van der Waals surface area (Å²) in [7, 11) is 0. The molecular formula is C20H15N3O2. The van der Waals surface area contributed by atoms with E-state index in [1.54, 1.807) is 30.5 Å². The lowest BCUT2D eigenvalue weighted by Crippen LogP contribution is -1.96. The molecule has 0 amide bonds. The van der Waals surface area contributed by atoms with Crippen molar-refractivity contribution in [1.82, 2.24) is 4.98 Å². The van der Waals surface area contributed by atoms with E-state index in [1.807, 2.05) is 18.2 Å². The van der Waals surface area contributed by atoms with Crippen molar-refractivity contribution in [3.8, 4) is 28.5 Å². The molecule has 2 aromatic carbocycles. The Balaban J connectivity index is 2.17. The minimum Gasteiger partial charge on any atom is -0.258 e. The van der Waals surface area contributed by atoms with Gasteiger partial charge in [-0.25, -0.2) is 0 Å². The highest BCUT2D eigenvalue weighted by atomic mass is 16.6. The number of nitrogens with zero attached hydrogens (tertiary/aromatic N) is 3. The van der Waals surface area contributed by atoms with E-state index in [4.69, 9.17) is 5.26 Å². The number of benzene rings is 2. The van der Waals surface area contributed by atoms with Crippen LogP contribution in [-0.4, -0.2) is 9.91 Å². The van der Waals surface area contributed by atoms with Crippen LogP contribution in [0.15, 0.2) is 60.8 Å². The van der Waals surface area contributed by atoms with Crippen LogP contribution < -0.4 is 0 Å². The molecule has 0 N–H and O–H groups in total. The fourth-order valence-electron chi connectivity index (χ4n) is 2.79. The average Bonchev–Trinajstić information content (AvgIpc) is 2.67. The fraction of sp³-hybridized carbons (Fsp3) is 0.100. The Hall–Kier alpha value is -3.52. The van der Waals surface area contributed by atoms with Gasteiger partial charge in [-0.05, 0) is 47.9 Å². The zero-order valence-electron chi connectivity index (χ0n) is 13.6. The zero-order valence-corrected chi connectivity index (χ0v) is 13.6. The minimum absolute atomic E-state index is 0.0608. The number of non-ortho nitro benzene ring substituents is 1. The first-order valence-electron chi connectivity index (χ1n) is 7.87. The van der Waals surface area contributed by atoms with E-state index >= 15 is 0 Å². The molecule has 0 fully saturated rings. The number of hydrogen-bond acceptors (Lipinski definition) is 4. The summed E-state index contributed by atoms with van der Waals surface area (Å²) in [6.07, 6.45) is 2.58. The van der Waals surface area contributed by atoms with Crippen molar-refractivity contribution in [2.75, 3.05) is 0 Å². The van der Waals surface area contributed by atoms with Crippen LogP contribution in [0.3, 0.4) is 0 Å². The van der Waals surface area contributed by atoms with Crippen molar-refractivity contribution in [3.63, 3.8) is 0 Å². The Morgan fingerprint density at radius 2 is 1.68 bits per heavy atom. The molecule has 0 aliphatic carbocycles. The van der Waals surface area contributed by atoms with E-state index < -0.39 is 4.92 Å². The van der Waals surface area contributed by atoms with E-state index in [2.05, 4.69) is 18.0 Å². The maximum absolute atomic E-state index is 10.9. The monoisotopic (exact) mass is 329 g/mol. The Labute approximate surface area is 145 Å². The lowest BCUT2D eigenvalue weighted by Gasteiger charge is -2.13. The summed E-state index contributed by atoms with van der Waals surface area (Å²) in [5.41, 5.74) is 5.32. The second kappa shape index (κ2) is 6.93. The largest absolute Gasteiger partial charge is 0.269 e. The predicted molar refractivity (Wildman–Crippen MR) is 95.9 cm³/mol. The number of pyridine rings is 1. The molecule has 0 aliphatic heterocycles. The van der Waals surface area contributed by atoms with E-state index in [0.717, 1.165) is 34.4 Å². The van der Waals surface area contributed by atoms with E-state index in [1.165, 1.54) is 12.1 Å². The van der Waals surface area contributed by atoms with Crippen LogP contribution in [-0.2, 0) is 6.42 Å². The maximum atomic E-state index is 10.9. The summed E-state index contributed by atoms with van der Waals surface area (Å²) in [6, 6.07) is 17.8.